The molecule has 0 aliphatic carbocycles. The summed E-state index contributed by atoms with van der Waals surface area (Å²) in [6.07, 6.45) is 5.33. The number of H-pyrrole nitrogens is 1. The van der Waals surface area contributed by atoms with Crippen molar-refractivity contribution in [2.75, 3.05) is 24.6 Å². The average molecular weight is 896 g/mol. The van der Waals surface area contributed by atoms with Crippen molar-refractivity contribution in [3.63, 3.8) is 0 Å². The Morgan fingerprint density at radius 3 is 2.34 bits per heavy atom. The number of hydrogen-bond acceptors (Lipinski definition) is 10. The predicted molar refractivity (Wildman–Crippen MR) is 259 cm³/mol. The number of pyridine rings is 1. The number of thiophene rings is 2. The number of aromatic nitrogens is 5. The minimum Gasteiger partial charge on any atom is -0.444 e. The molecule has 2 atom stereocenters. The van der Waals surface area contributed by atoms with Crippen LogP contribution in [0.25, 0.3) is 52.5 Å². The molecule has 15 heteroatoms. The van der Waals surface area contributed by atoms with E-state index in [0.29, 0.717) is 47.9 Å². The molecule has 1 aromatic carbocycles. The van der Waals surface area contributed by atoms with Crippen molar-refractivity contribution in [1.29, 1.82) is 0 Å². The zero-order chi connectivity index (χ0) is 43.8. The molecule has 2 unspecified atom stereocenters. The highest BCUT2D eigenvalue weighted by molar-refractivity contribution is 7.26. The standard InChI is InChI=1S/C46H61N7O4S2Si2/c1-27(2)61(28(3)4,29(5)6)19-16-30-25-58-36-21-35-34(22-48-52(35)26-56-18-20-60(10,11)12)38(37(30)36)40-41-33(15-17-47-40)39-42(49-44(54)50-43(39)59-41)51-23-31-13-14-32(24-51)53(31)45(55)57-46(7,8)9/h15,17,21-22,25,27-29,31-32H,13-14,18,20,23-24,26H2,1-12H3,(H,49,50,54). The van der Waals surface area contributed by atoms with E-state index in [9.17, 15) is 9.59 Å². The summed E-state index contributed by atoms with van der Waals surface area (Å²) in [6.45, 7) is 29.2. The molecule has 2 aliphatic rings. The molecular formula is C46H61N7O4S2Si2. The second-order valence-electron chi connectivity index (χ2n) is 20.2. The molecule has 324 valence electrons. The average Bonchev–Trinajstić information content (AvgIpc) is 3.93. The third kappa shape index (κ3) is 8.07. The number of aromatic amines is 1. The Kier molecular flexibility index (Phi) is 11.6. The van der Waals surface area contributed by atoms with Crippen LogP contribution in [0.5, 0.6) is 0 Å². The van der Waals surface area contributed by atoms with Crippen LogP contribution < -0.4 is 10.6 Å². The number of hydrogen-bond donors (Lipinski definition) is 1. The first kappa shape index (κ1) is 43.6. The van der Waals surface area contributed by atoms with Gasteiger partial charge in [0.25, 0.3) is 0 Å². The molecule has 2 saturated heterocycles. The van der Waals surface area contributed by atoms with Gasteiger partial charge in [0.15, 0.2) is 0 Å². The number of carbonyl (C=O) groups excluding carboxylic acids is 1. The van der Waals surface area contributed by atoms with Crippen LogP contribution in [0.4, 0.5) is 10.6 Å². The van der Waals surface area contributed by atoms with Crippen LogP contribution in [0.2, 0.25) is 42.3 Å². The molecule has 7 heterocycles. The summed E-state index contributed by atoms with van der Waals surface area (Å²) >= 11 is 3.22. The molecule has 8 rings (SSSR count). The van der Waals surface area contributed by atoms with Crippen molar-refractivity contribution in [3.05, 3.63) is 46.0 Å². The number of nitrogens with zero attached hydrogens (tertiary/aromatic N) is 6. The Morgan fingerprint density at radius 2 is 1.70 bits per heavy atom. The van der Waals surface area contributed by atoms with E-state index in [-0.39, 0.29) is 18.2 Å². The molecule has 1 amide bonds. The highest BCUT2D eigenvalue weighted by atomic mass is 32.1. The quantitative estimate of drug-likeness (QED) is 0.0820. The van der Waals surface area contributed by atoms with Gasteiger partial charge in [0.05, 0.1) is 39.6 Å². The Hall–Kier alpha value is -4.08. The summed E-state index contributed by atoms with van der Waals surface area (Å²) in [4.78, 5) is 44.5. The van der Waals surface area contributed by atoms with E-state index < -0.39 is 27.4 Å². The van der Waals surface area contributed by atoms with E-state index in [1.54, 1.807) is 11.3 Å². The lowest BCUT2D eigenvalue weighted by molar-refractivity contribution is 0.0123. The van der Waals surface area contributed by atoms with Gasteiger partial charge in [-0.2, -0.15) is 10.1 Å². The fraction of sp³-hybridized carbons (Fsp3) is 0.543. The van der Waals surface area contributed by atoms with Gasteiger partial charge in [-0.15, -0.1) is 28.2 Å². The minimum absolute atomic E-state index is 0.0219. The number of anilines is 1. The predicted octanol–water partition coefficient (Wildman–Crippen LogP) is 11.2. The summed E-state index contributed by atoms with van der Waals surface area (Å²) in [5, 5.41) is 11.1. The van der Waals surface area contributed by atoms with Gasteiger partial charge in [-0.05, 0) is 68.4 Å². The van der Waals surface area contributed by atoms with E-state index in [1.165, 1.54) is 11.3 Å². The lowest BCUT2D eigenvalue weighted by atomic mass is 9.98. The van der Waals surface area contributed by atoms with Crippen LogP contribution in [0, 0.1) is 11.5 Å². The van der Waals surface area contributed by atoms with Crippen molar-refractivity contribution >= 4 is 92.0 Å². The van der Waals surface area contributed by atoms with E-state index in [1.807, 2.05) is 48.8 Å². The van der Waals surface area contributed by atoms with E-state index in [4.69, 9.17) is 19.6 Å². The fourth-order valence-electron chi connectivity index (χ4n) is 10.0. The van der Waals surface area contributed by atoms with Crippen molar-refractivity contribution in [3.8, 4) is 22.7 Å². The van der Waals surface area contributed by atoms with Crippen LogP contribution >= 0.6 is 22.7 Å². The fourth-order valence-corrected chi connectivity index (χ4v) is 18.1. The SMILES string of the molecule is CC(C)[Si](C#Cc1csc2cc3c(cnn3COCC[Si](C)(C)C)c(-c3nccc4c3sc3nc(=O)[nH]c(N5CC6CCC(C5)N6C(=O)OC(C)(C)C)c34)c12)(C(C)C)C(C)C. The number of amides is 1. The summed E-state index contributed by atoms with van der Waals surface area (Å²) in [5.74, 6) is 4.55. The van der Waals surface area contributed by atoms with Crippen LogP contribution in [0.3, 0.4) is 0 Å². The summed E-state index contributed by atoms with van der Waals surface area (Å²) in [5.41, 5.74) is 8.36. The normalized spacial score (nSPS) is 17.6. The first-order valence-corrected chi connectivity index (χ1v) is 29.5. The lowest BCUT2D eigenvalue weighted by Crippen LogP contribution is -2.57. The minimum atomic E-state index is -2.05. The topological polar surface area (TPSA) is 118 Å². The third-order valence-corrected chi connectivity index (χ3v) is 22.9. The van der Waals surface area contributed by atoms with Crippen molar-refractivity contribution in [1.82, 2.24) is 29.6 Å². The zero-order valence-corrected chi connectivity index (χ0v) is 41.5. The van der Waals surface area contributed by atoms with E-state index in [2.05, 4.69) is 99.0 Å². The van der Waals surface area contributed by atoms with Crippen molar-refractivity contribution in [2.45, 2.75) is 142 Å². The summed E-state index contributed by atoms with van der Waals surface area (Å²) in [6, 6.07) is 5.32. The number of rotatable bonds is 10. The molecule has 0 radical (unpaired) electrons. The molecule has 0 spiro atoms. The number of carbonyl (C=O) groups is 1. The van der Waals surface area contributed by atoms with Gasteiger partial charge in [-0.25, -0.2) is 14.3 Å². The number of nitrogens with one attached hydrogen (secondary N) is 1. The molecule has 2 bridgehead atoms. The Labute approximate surface area is 369 Å². The van der Waals surface area contributed by atoms with Gasteiger partial charge < -0.3 is 14.4 Å². The van der Waals surface area contributed by atoms with Gasteiger partial charge in [0, 0.05) is 71.3 Å². The number of fused-ring (bicyclic) bond motifs is 7. The Balaban J connectivity index is 1.30. The maximum atomic E-state index is 13.4. The molecule has 2 fully saturated rings. The van der Waals surface area contributed by atoms with Gasteiger partial charge in [-0.3, -0.25) is 14.9 Å². The van der Waals surface area contributed by atoms with Gasteiger partial charge in [0.1, 0.15) is 31.1 Å². The van der Waals surface area contributed by atoms with Gasteiger partial charge in [0.2, 0.25) is 0 Å². The zero-order valence-electron chi connectivity index (χ0n) is 37.9. The molecule has 2 aliphatic heterocycles. The van der Waals surface area contributed by atoms with Crippen LogP contribution in [0.1, 0.15) is 80.7 Å². The second-order valence-corrected chi connectivity index (χ2v) is 33.3. The number of piperazine rings is 1. The maximum Gasteiger partial charge on any atom is 0.410 e. The Bertz CT molecular complexity index is 2730. The summed E-state index contributed by atoms with van der Waals surface area (Å²) in [7, 11) is -3.31. The third-order valence-electron chi connectivity index (χ3n) is 12.9. The molecule has 1 N–H and O–H groups in total. The highest BCUT2D eigenvalue weighted by Gasteiger charge is 2.45. The molecule has 11 nitrogen and oxygen atoms in total. The molecule has 6 aromatic rings. The van der Waals surface area contributed by atoms with Crippen LogP contribution in [-0.2, 0) is 16.2 Å². The second kappa shape index (κ2) is 16.2. The summed E-state index contributed by atoms with van der Waals surface area (Å²) < 4.78 is 16.1. The van der Waals surface area contributed by atoms with Gasteiger partial charge >= 0.3 is 11.8 Å². The smallest absolute Gasteiger partial charge is 0.410 e. The van der Waals surface area contributed by atoms with Gasteiger partial charge in [-0.1, -0.05) is 67.1 Å². The van der Waals surface area contributed by atoms with Crippen molar-refractivity contribution in [2.24, 2.45) is 0 Å². The number of benzene rings is 1. The largest absolute Gasteiger partial charge is 0.444 e. The first-order valence-electron chi connectivity index (χ1n) is 21.9. The highest BCUT2D eigenvalue weighted by Crippen LogP contribution is 2.48. The van der Waals surface area contributed by atoms with E-state index >= 15 is 0 Å². The monoisotopic (exact) mass is 895 g/mol. The van der Waals surface area contributed by atoms with Crippen LogP contribution in [0.15, 0.2) is 34.7 Å². The molecule has 61 heavy (non-hydrogen) atoms. The molecule has 5 aromatic heterocycles. The van der Waals surface area contributed by atoms with Crippen LogP contribution in [-0.4, -0.2) is 89.3 Å². The lowest BCUT2D eigenvalue weighted by Gasteiger charge is -2.42. The Morgan fingerprint density at radius 1 is 1.02 bits per heavy atom. The maximum absolute atomic E-state index is 13.4. The van der Waals surface area contributed by atoms with E-state index in [0.717, 1.165) is 78.0 Å². The molecular weight excluding hydrogens is 835 g/mol. The number of ether oxygens (including phenoxy) is 2. The first-order chi connectivity index (χ1) is 28.8. The molecule has 0 saturated carbocycles. The van der Waals surface area contributed by atoms with Crippen molar-refractivity contribution < 1.29 is 14.3 Å².